The third kappa shape index (κ3) is 6.14. The number of nitrogens with zero attached hydrogens (tertiary/aromatic N) is 1. The highest BCUT2D eigenvalue weighted by molar-refractivity contribution is 5.94. The maximum absolute atomic E-state index is 12.9. The largest absolute Gasteiger partial charge is 0.497 e. The van der Waals surface area contributed by atoms with Gasteiger partial charge in [0.1, 0.15) is 5.75 Å². The van der Waals surface area contributed by atoms with Crippen LogP contribution in [-0.4, -0.2) is 50.8 Å². The van der Waals surface area contributed by atoms with Gasteiger partial charge in [0, 0.05) is 12.1 Å². The second kappa shape index (κ2) is 11.6. The Labute approximate surface area is 185 Å². The van der Waals surface area contributed by atoms with Crippen LogP contribution >= 0.6 is 0 Å². The number of carbonyl (C=O) groups is 1. The summed E-state index contributed by atoms with van der Waals surface area (Å²) in [7, 11) is 1.68. The van der Waals surface area contributed by atoms with E-state index in [4.69, 9.17) is 14.2 Å². The first-order valence-corrected chi connectivity index (χ1v) is 11.2. The normalized spacial score (nSPS) is 14.8. The molecule has 0 aliphatic carbocycles. The van der Waals surface area contributed by atoms with Crippen molar-refractivity contribution in [2.24, 2.45) is 0 Å². The highest BCUT2D eigenvalue weighted by Crippen LogP contribution is 2.30. The lowest BCUT2D eigenvalue weighted by Crippen LogP contribution is -2.36. The van der Waals surface area contributed by atoms with Gasteiger partial charge in [-0.05, 0) is 75.2 Å². The maximum Gasteiger partial charge on any atom is 0.251 e. The summed E-state index contributed by atoms with van der Waals surface area (Å²) >= 11 is 0. The standard InChI is InChI=1S/C25H34N2O4/c1-4-15-31-23-12-11-20(17-24(23)30-5-2)25(28)26-18-22(27-13-6-7-14-27)19-9-8-10-21(16-19)29-3/h8-12,16-17,22H,4-7,13-15,18H2,1-3H3,(H,26,28). The molecule has 0 bridgehead atoms. The number of hydrogen-bond donors (Lipinski definition) is 1. The van der Waals surface area contributed by atoms with Crippen LogP contribution in [-0.2, 0) is 0 Å². The molecule has 31 heavy (non-hydrogen) atoms. The van der Waals surface area contributed by atoms with Crippen LogP contribution < -0.4 is 19.5 Å². The van der Waals surface area contributed by atoms with E-state index in [1.165, 1.54) is 12.8 Å². The summed E-state index contributed by atoms with van der Waals surface area (Å²) < 4.78 is 16.8. The monoisotopic (exact) mass is 426 g/mol. The smallest absolute Gasteiger partial charge is 0.251 e. The van der Waals surface area contributed by atoms with Gasteiger partial charge in [-0.2, -0.15) is 0 Å². The number of likely N-dealkylation sites (tertiary alicyclic amines) is 1. The summed E-state index contributed by atoms with van der Waals surface area (Å²) in [6.07, 6.45) is 3.28. The number of rotatable bonds is 11. The summed E-state index contributed by atoms with van der Waals surface area (Å²) in [5.41, 5.74) is 1.72. The van der Waals surface area contributed by atoms with E-state index < -0.39 is 0 Å². The average Bonchev–Trinajstić information content (AvgIpc) is 3.33. The van der Waals surface area contributed by atoms with Crippen molar-refractivity contribution >= 4 is 5.91 Å². The summed E-state index contributed by atoms with van der Waals surface area (Å²) in [5.74, 6) is 1.99. The van der Waals surface area contributed by atoms with Gasteiger partial charge in [0.2, 0.25) is 0 Å². The zero-order valence-electron chi connectivity index (χ0n) is 18.9. The average molecular weight is 427 g/mol. The summed E-state index contributed by atoms with van der Waals surface area (Å²) in [6, 6.07) is 13.6. The Hall–Kier alpha value is -2.73. The Bertz CT molecular complexity index is 849. The zero-order valence-corrected chi connectivity index (χ0v) is 18.9. The first kappa shape index (κ1) is 22.9. The minimum absolute atomic E-state index is 0.111. The molecule has 0 saturated carbocycles. The number of amides is 1. The van der Waals surface area contributed by atoms with Gasteiger partial charge < -0.3 is 19.5 Å². The molecule has 6 nitrogen and oxygen atoms in total. The predicted molar refractivity (Wildman–Crippen MR) is 122 cm³/mol. The molecule has 2 aromatic carbocycles. The van der Waals surface area contributed by atoms with Gasteiger partial charge in [-0.15, -0.1) is 0 Å². The lowest BCUT2D eigenvalue weighted by Gasteiger charge is -2.28. The quantitative estimate of drug-likeness (QED) is 0.575. The van der Waals surface area contributed by atoms with E-state index in [1.54, 1.807) is 19.2 Å². The van der Waals surface area contributed by atoms with Crippen molar-refractivity contribution < 1.29 is 19.0 Å². The Morgan fingerprint density at radius 2 is 1.87 bits per heavy atom. The highest BCUT2D eigenvalue weighted by Gasteiger charge is 2.24. The van der Waals surface area contributed by atoms with Crippen molar-refractivity contribution in [2.45, 2.75) is 39.2 Å². The Morgan fingerprint density at radius 3 is 2.58 bits per heavy atom. The molecule has 0 aromatic heterocycles. The molecule has 1 atom stereocenters. The van der Waals surface area contributed by atoms with E-state index >= 15 is 0 Å². The molecule has 3 rings (SSSR count). The molecule has 1 amide bonds. The van der Waals surface area contributed by atoms with Gasteiger partial charge in [-0.25, -0.2) is 0 Å². The van der Waals surface area contributed by atoms with E-state index in [2.05, 4.69) is 29.3 Å². The van der Waals surface area contributed by atoms with Gasteiger partial charge in [0.05, 0.1) is 26.4 Å². The van der Waals surface area contributed by atoms with Crippen LogP contribution in [0.5, 0.6) is 17.2 Å². The fourth-order valence-electron chi connectivity index (χ4n) is 3.90. The number of methoxy groups -OCH3 is 1. The van der Waals surface area contributed by atoms with Crippen molar-refractivity contribution in [3.8, 4) is 17.2 Å². The van der Waals surface area contributed by atoms with E-state index in [1.807, 2.05) is 25.1 Å². The van der Waals surface area contributed by atoms with Gasteiger partial charge in [0.25, 0.3) is 5.91 Å². The molecule has 1 saturated heterocycles. The molecule has 1 heterocycles. The van der Waals surface area contributed by atoms with Crippen LogP contribution in [0, 0.1) is 0 Å². The third-order valence-corrected chi connectivity index (χ3v) is 5.48. The van der Waals surface area contributed by atoms with Crippen LogP contribution in [0.4, 0.5) is 0 Å². The van der Waals surface area contributed by atoms with Crippen molar-refractivity contribution in [3.63, 3.8) is 0 Å². The minimum atomic E-state index is -0.116. The molecule has 0 spiro atoms. The van der Waals surface area contributed by atoms with Crippen molar-refractivity contribution in [3.05, 3.63) is 53.6 Å². The van der Waals surface area contributed by atoms with Crippen LogP contribution in [0.1, 0.15) is 55.1 Å². The molecule has 2 aromatic rings. The Kier molecular flexibility index (Phi) is 8.59. The Morgan fingerprint density at radius 1 is 1.06 bits per heavy atom. The van der Waals surface area contributed by atoms with Crippen LogP contribution in [0.3, 0.4) is 0 Å². The predicted octanol–water partition coefficient (Wildman–Crippen LogP) is 4.45. The summed E-state index contributed by atoms with van der Waals surface area (Å²) in [6.45, 7) is 7.71. The van der Waals surface area contributed by atoms with E-state index in [0.29, 0.717) is 36.8 Å². The molecule has 1 fully saturated rings. The van der Waals surface area contributed by atoms with Crippen molar-refractivity contribution in [1.29, 1.82) is 0 Å². The number of nitrogens with one attached hydrogen (secondary N) is 1. The first-order chi connectivity index (χ1) is 15.2. The van der Waals surface area contributed by atoms with Gasteiger partial charge in [-0.3, -0.25) is 9.69 Å². The SMILES string of the molecule is CCCOc1ccc(C(=O)NCC(c2cccc(OC)c2)N2CCCC2)cc1OCC. The number of ether oxygens (including phenoxy) is 3. The summed E-state index contributed by atoms with van der Waals surface area (Å²) in [4.78, 5) is 15.4. The topological polar surface area (TPSA) is 60.0 Å². The molecule has 1 unspecified atom stereocenters. The molecule has 6 heteroatoms. The van der Waals surface area contributed by atoms with Crippen LogP contribution in [0.15, 0.2) is 42.5 Å². The van der Waals surface area contributed by atoms with Crippen LogP contribution in [0.2, 0.25) is 0 Å². The first-order valence-electron chi connectivity index (χ1n) is 11.2. The van der Waals surface area contributed by atoms with Gasteiger partial charge in [0.15, 0.2) is 11.5 Å². The highest BCUT2D eigenvalue weighted by atomic mass is 16.5. The maximum atomic E-state index is 12.9. The molecule has 1 aliphatic heterocycles. The van der Waals surface area contributed by atoms with E-state index in [9.17, 15) is 4.79 Å². The van der Waals surface area contributed by atoms with Crippen LogP contribution in [0.25, 0.3) is 0 Å². The molecular weight excluding hydrogens is 392 g/mol. The van der Waals surface area contributed by atoms with E-state index in [0.717, 1.165) is 30.8 Å². The lowest BCUT2D eigenvalue weighted by molar-refractivity contribution is 0.0937. The molecule has 168 valence electrons. The van der Waals surface area contributed by atoms with Crippen molar-refractivity contribution in [2.75, 3.05) is 40.0 Å². The molecule has 0 radical (unpaired) electrons. The fourth-order valence-corrected chi connectivity index (χ4v) is 3.90. The van der Waals surface area contributed by atoms with Crippen molar-refractivity contribution in [1.82, 2.24) is 10.2 Å². The second-order valence-electron chi connectivity index (χ2n) is 7.69. The lowest BCUT2D eigenvalue weighted by atomic mass is 10.0. The second-order valence-corrected chi connectivity index (χ2v) is 7.69. The van der Waals surface area contributed by atoms with Gasteiger partial charge in [-0.1, -0.05) is 19.1 Å². The number of carbonyl (C=O) groups excluding carboxylic acids is 1. The summed E-state index contributed by atoms with van der Waals surface area (Å²) in [5, 5.41) is 3.13. The number of hydrogen-bond acceptors (Lipinski definition) is 5. The van der Waals surface area contributed by atoms with Gasteiger partial charge >= 0.3 is 0 Å². The molecule has 1 aliphatic rings. The third-order valence-electron chi connectivity index (χ3n) is 5.48. The Balaban J connectivity index is 1.73. The zero-order chi connectivity index (χ0) is 22.1. The van der Waals surface area contributed by atoms with E-state index in [-0.39, 0.29) is 11.9 Å². The number of benzene rings is 2. The minimum Gasteiger partial charge on any atom is -0.497 e. The fraction of sp³-hybridized carbons (Fsp3) is 0.480. The molecule has 1 N–H and O–H groups in total. The molecular formula is C25H34N2O4.